The lowest BCUT2D eigenvalue weighted by molar-refractivity contribution is 0.448. The molecule has 0 radical (unpaired) electrons. The average Bonchev–Trinajstić information content (AvgIpc) is 1.98. The Balaban J connectivity index is 3.43. The van der Waals surface area contributed by atoms with Crippen LogP contribution < -0.4 is 0 Å². The monoisotopic (exact) mass is 174 g/mol. The van der Waals surface area contributed by atoms with Crippen molar-refractivity contribution >= 4 is 11.8 Å². The molecule has 0 aromatic rings. The van der Waals surface area contributed by atoms with Crippen LogP contribution in [0.3, 0.4) is 0 Å². The molecule has 0 aromatic carbocycles. The Morgan fingerprint density at radius 1 is 1.00 bits per heavy atom. The van der Waals surface area contributed by atoms with E-state index in [1.165, 1.54) is 12.8 Å². The second-order valence-electron chi connectivity index (χ2n) is 3.89. The van der Waals surface area contributed by atoms with Crippen LogP contribution in [0.15, 0.2) is 0 Å². The van der Waals surface area contributed by atoms with E-state index in [1.807, 2.05) is 11.8 Å². The smallest absolute Gasteiger partial charge is 0.00415 e. The summed E-state index contributed by atoms with van der Waals surface area (Å²) in [6, 6.07) is 0. The van der Waals surface area contributed by atoms with Crippen molar-refractivity contribution in [3.8, 4) is 0 Å². The molecule has 0 rings (SSSR count). The van der Waals surface area contributed by atoms with E-state index in [-0.39, 0.29) is 0 Å². The third-order valence-electron chi connectivity index (χ3n) is 2.37. The van der Waals surface area contributed by atoms with E-state index < -0.39 is 0 Å². The van der Waals surface area contributed by atoms with Gasteiger partial charge in [-0.3, -0.25) is 0 Å². The summed E-state index contributed by atoms with van der Waals surface area (Å²) < 4.78 is 0. The molecule has 0 saturated heterocycles. The molecule has 2 atom stereocenters. The molecule has 0 aliphatic heterocycles. The Kier molecular flexibility index (Phi) is 6.12. The largest absolute Gasteiger partial charge is 0.162 e. The molecule has 0 N–H and O–H groups in total. The predicted molar refractivity (Wildman–Crippen MR) is 56.2 cm³/mol. The molecule has 0 fully saturated rings. The molecular formula is C10H22S. The van der Waals surface area contributed by atoms with Crippen molar-refractivity contribution in [3.05, 3.63) is 0 Å². The summed E-state index contributed by atoms with van der Waals surface area (Å²) in [5, 5.41) is 0.828. The molecule has 11 heavy (non-hydrogen) atoms. The van der Waals surface area contributed by atoms with Gasteiger partial charge in [-0.15, -0.1) is 0 Å². The fraction of sp³-hybridized carbons (Fsp3) is 1.00. The third kappa shape index (κ3) is 5.60. The molecule has 0 saturated carbocycles. The predicted octanol–water partition coefficient (Wildman–Crippen LogP) is 3.81. The minimum absolute atomic E-state index is 0.828. The minimum atomic E-state index is 0.828. The van der Waals surface area contributed by atoms with Gasteiger partial charge in [0.2, 0.25) is 0 Å². The maximum absolute atomic E-state index is 2.36. The van der Waals surface area contributed by atoms with E-state index in [1.54, 1.807) is 0 Å². The molecule has 0 aromatic heterocycles. The molecule has 0 heterocycles. The van der Waals surface area contributed by atoms with Crippen molar-refractivity contribution in [3.63, 3.8) is 0 Å². The fourth-order valence-corrected chi connectivity index (χ4v) is 1.66. The van der Waals surface area contributed by atoms with Gasteiger partial charge in [0.05, 0.1) is 0 Å². The number of rotatable bonds is 5. The first kappa shape index (κ1) is 11.4. The quantitative estimate of drug-likeness (QED) is 0.611. The third-order valence-corrected chi connectivity index (χ3v) is 3.58. The number of hydrogen-bond acceptors (Lipinski definition) is 1. The molecular weight excluding hydrogens is 152 g/mol. The van der Waals surface area contributed by atoms with Crippen LogP contribution in [0.1, 0.15) is 40.5 Å². The van der Waals surface area contributed by atoms with Gasteiger partial charge >= 0.3 is 0 Å². The lowest BCUT2D eigenvalue weighted by Gasteiger charge is -2.18. The Labute approximate surface area is 76.1 Å². The van der Waals surface area contributed by atoms with Gasteiger partial charge in [0.15, 0.2) is 0 Å². The van der Waals surface area contributed by atoms with Crippen molar-refractivity contribution in [2.24, 2.45) is 11.8 Å². The summed E-state index contributed by atoms with van der Waals surface area (Å²) in [7, 11) is 0. The Hall–Kier alpha value is 0.350. The Bertz CT molecular complexity index is 88.9. The van der Waals surface area contributed by atoms with Crippen molar-refractivity contribution in [1.29, 1.82) is 0 Å². The lowest BCUT2D eigenvalue weighted by atomic mass is 9.97. The maximum Gasteiger partial charge on any atom is 0.00415 e. The Morgan fingerprint density at radius 3 is 1.91 bits per heavy atom. The normalized spacial score (nSPS) is 16.9. The first-order valence-corrected chi connectivity index (χ1v) is 5.89. The number of thioether (sulfide) groups is 1. The molecule has 68 valence electrons. The molecule has 0 aliphatic carbocycles. The van der Waals surface area contributed by atoms with E-state index >= 15 is 0 Å². The van der Waals surface area contributed by atoms with Crippen LogP contribution in [-0.4, -0.2) is 11.5 Å². The van der Waals surface area contributed by atoms with Crippen molar-refractivity contribution in [1.82, 2.24) is 0 Å². The topological polar surface area (TPSA) is 0 Å². The summed E-state index contributed by atoms with van der Waals surface area (Å²) in [6.07, 6.45) is 4.97. The molecule has 0 amide bonds. The van der Waals surface area contributed by atoms with Gasteiger partial charge < -0.3 is 0 Å². The SMILES string of the molecule is CSC(C)C(C)CCC(C)C. The van der Waals surface area contributed by atoms with Crippen LogP contribution in [0.2, 0.25) is 0 Å². The van der Waals surface area contributed by atoms with Gasteiger partial charge in [-0.2, -0.15) is 11.8 Å². The van der Waals surface area contributed by atoms with Crippen LogP contribution in [0, 0.1) is 11.8 Å². The maximum atomic E-state index is 2.36. The molecule has 0 bridgehead atoms. The molecule has 2 unspecified atom stereocenters. The highest BCUT2D eigenvalue weighted by Crippen LogP contribution is 2.22. The molecule has 0 spiro atoms. The highest BCUT2D eigenvalue weighted by molar-refractivity contribution is 7.99. The van der Waals surface area contributed by atoms with Crippen LogP contribution in [0.25, 0.3) is 0 Å². The van der Waals surface area contributed by atoms with E-state index in [9.17, 15) is 0 Å². The average molecular weight is 174 g/mol. The first-order chi connectivity index (χ1) is 5.07. The van der Waals surface area contributed by atoms with Crippen LogP contribution in [-0.2, 0) is 0 Å². The van der Waals surface area contributed by atoms with Gasteiger partial charge in [0.1, 0.15) is 0 Å². The van der Waals surface area contributed by atoms with Gasteiger partial charge in [-0.25, -0.2) is 0 Å². The first-order valence-electron chi connectivity index (χ1n) is 4.60. The van der Waals surface area contributed by atoms with Crippen LogP contribution in [0.4, 0.5) is 0 Å². The van der Waals surface area contributed by atoms with Crippen molar-refractivity contribution < 1.29 is 0 Å². The standard InChI is InChI=1S/C10H22S/c1-8(2)6-7-9(3)10(4)11-5/h8-10H,6-7H2,1-5H3. The zero-order chi connectivity index (χ0) is 8.85. The Morgan fingerprint density at radius 2 is 1.55 bits per heavy atom. The highest BCUT2D eigenvalue weighted by Gasteiger charge is 2.10. The summed E-state index contributed by atoms with van der Waals surface area (Å²) in [5.74, 6) is 1.75. The summed E-state index contributed by atoms with van der Waals surface area (Å²) >= 11 is 1.98. The summed E-state index contributed by atoms with van der Waals surface area (Å²) in [4.78, 5) is 0. The van der Waals surface area contributed by atoms with Gasteiger partial charge in [-0.05, 0) is 24.5 Å². The fourth-order valence-electron chi connectivity index (χ4n) is 1.06. The van der Waals surface area contributed by atoms with E-state index in [2.05, 4.69) is 34.0 Å². The van der Waals surface area contributed by atoms with Crippen molar-refractivity contribution in [2.45, 2.75) is 45.8 Å². The molecule has 0 nitrogen and oxygen atoms in total. The van der Waals surface area contributed by atoms with Crippen LogP contribution >= 0.6 is 11.8 Å². The lowest BCUT2D eigenvalue weighted by Crippen LogP contribution is -2.10. The van der Waals surface area contributed by atoms with Gasteiger partial charge in [-0.1, -0.05) is 34.1 Å². The summed E-state index contributed by atoms with van der Waals surface area (Å²) in [6.45, 7) is 9.30. The second-order valence-corrected chi connectivity index (χ2v) is 5.10. The minimum Gasteiger partial charge on any atom is -0.162 e. The van der Waals surface area contributed by atoms with E-state index in [0.717, 1.165) is 17.1 Å². The molecule has 0 aliphatic rings. The van der Waals surface area contributed by atoms with E-state index in [0.29, 0.717) is 0 Å². The van der Waals surface area contributed by atoms with E-state index in [4.69, 9.17) is 0 Å². The number of hydrogen-bond donors (Lipinski definition) is 0. The van der Waals surface area contributed by atoms with Crippen LogP contribution in [0.5, 0.6) is 0 Å². The van der Waals surface area contributed by atoms with Gasteiger partial charge in [0.25, 0.3) is 0 Å². The molecule has 1 heteroatoms. The summed E-state index contributed by atoms with van der Waals surface area (Å²) in [5.41, 5.74) is 0. The zero-order valence-corrected chi connectivity index (χ0v) is 9.37. The zero-order valence-electron chi connectivity index (χ0n) is 8.55. The second kappa shape index (κ2) is 5.93. The van der Waals surface area contributed by atoms with Crippen molar-refractivity contribution in [2.75, 3.05) is 6.26 Å². The van der Waals surface area contributed by atoms with Gasteiger partial charge in [0, 0.05) is 5.25 Å². The highest BCUT2D eigenvalue weighted by atomic mass is 32.2.